The Morgan fingerprint density at radius 2 is 1.82 bits per heavy atom. The summed E-state index contributed by atoms with van der Waals surface area (Å²) in [5.74, 6) is -0.889. The number of Topliss-reactive ketones (excluding diaryl/α,β-unsaturated/α-hetero) is 1. The van der Waals surface area contributed by atoms with E-state index < -0.39 is 11.7 Å². The number of H-pyrrole nitrogens is 1. The fourth-order valence-corrected chi connectivity index (χ4v) is 2.47. The number of aromatic nitrogens is 2. The molecule has 0 fully saturated rings. The van der Waals surface area contributed by atoms with Gasteiger partial charge in [0.2, 0.25) is 0 Å². The van der Waals surface area contributed by atoms with Gasteiger partial charge in [0.1, 0.15) is 5.82 Å². The number of hydrogen-bond donors (Lipinski definition) is 2. The lowest BCUT2D eigenvalue weighted by molar-refractivity contribution is -0.112. The fraction of sp³-hybridized carbons (Fsp3) is 0.118. The van der Waals surface area contributed by atoms with Gasteiger partial charge < -0.3 is 10.3 Å². The minimum Gasteiger partial charge on any atom is -0.358 e. The molecule has 2 heterocycles. The number of nitrogens with zero attached hydrogens (tertiary/aromatic N) is 1. The predicted molar refractivity (Wildman–Crippen MR) is 85.0 cm³/mol. The molecule has 1 amide bonds. The van der Waals surface area contributed by atoms with Crippen molar-refractivity contribution in [2.45, 2.75) is 13.8 Å². The zero-order valence-corrected chi connectivity index (χ0v) is 12.3. The van der Waals surface area contributed by atoms with Crippen LogP contribution in [0.15, 0.2) is 42.5 Å². The first-order chi connectivity index (χ1) is 10.6. The molecule has 0 unspecified atom stereocenters. The van der Waals surface area contributed by atoms with Gasteiger partial charge >= 0.3 is 0 Å². The van der Waals surface area contributed by atoms with Crippen molar-refractivity contribution >= 4 is 28.4 Å². The van der Waals surface area contributed by atoms with Gasteiger partial charge in [-0.2, -0.15) is 0 Å². The summed E-state index contributed by atoms with van der Waals surface area (Å²) in [6.07, 6.45) is 0. The van der Waals surface area contributed by atoms with Gasteiger partial charge in [0.05, 0.1) is 5.56 Å². The molecule has 0 radical (unpaired) electrons. The number of para-hydroxylation sites is 1. The highest BCUT2D eigenvalue weighted by Crippen LogP contribution is 2.22. The quantitative estimate of drug-likeness (QED) is 0.576. The van der Waals surface area contributed by atoms with Gasteiger partial charge in [-0.15, -0.1) is 0 Å². The number of aromatic amines is 1. The highest BCUT2D eigenvalue weighted by molar-refractivity contribution is 6.48. The lowest BCUT2D eigenvalue weighted by atomic mass is 10.1. The van der Waals surface area contributed by atoms with Gasteiger partial charge in [-0.1, -0.05) is 24.3 Å². The third-order valence-electron chi connectivity index (χ3n) is 3.46. The number of carbonyl (C=O) groups excluding carboxylic acids is 2. The van der Waals surface area contributed by atoms with Crippen molar-refractivity contribution in [3.63, 3.8) is 0 Å². The van der Waals surface area contributed by atoms with E-state index in [1.54, 1.807) is 19.1 Å². The molecule has 5 heteroatoms. The first-order valence-electron chi connectivity index (χ1n) is 6.93. The Kier molecular flexibility index (Phi) is 3.47. The second-order valence-corrected chi connectivity index (χ2v) is 5.12. The Morgan fingerprint density at radius 3 is 2.59 bits per heavy atom. The van der Waals surface area contributed by atoms with Gasteiger partial charge in [0, 0.05) is 22.3 Å². The van der Waals surface area contributed by atoms with Gasteiger partial charge in [-0.05, 0) is 32.0 Å². The maximum atomic E-state index is 12.5. The Hall–Kier alpha value is -2.95. The molecule has 0 spiro atoms. The van der Waals surface area contributed by atoms with E-state index in [1.165, 1.54) is 0 Å². The summed E-state index contributed by atoms with van der Waals surface area (Å²) < 4.78 is 0. The normalized spacial score (nSPS) is 10.6. The Balaban J connectivity index is 1.92. The van der Waals surface area contributed by atoms with Crippen molar-refractivity contribution in [2.24, 2.45) is 0 Å². The number of hydrogen-bond acceptors (Lipinski definition) is 3. The summed E-state index contributed by atoms with van der Waals surface area (Å²) in [5.41, 5.74) is 2.69. The fourth-order valence-electron chi connectivity index (χ4n) is 2.47. The van der Waals surface area contributed by atoms with Gasteiger partial charge in [-0.25, -0.2) is 4.98 Å². The molecular weight excluding hydrogens is 278 g/mol. The zero-order valence-electron chi connectivity index (χ0n) is 12.3. The first kappa shape index (κ1) is 14.0. The molecule has 22 heavy (non-hydrogen) atoms. The maximum Gasteiger partial charge on any atom is 0.298 e. The molecule has 2 N–H and O–H groups in total. The third-order valence-corrected chi connectivity index (χ3v) is 3.46. The molecule has 0 saturated heterocycles. The molecule has 0 atom stereocenters. The van der Waals surface area contributed by atoms with Gasteiger partial charge in [0.15, 0.2) is 0 Å². The van der Waals surface area contributed by atoms with Crippen LogP contribution in [0.2, 0.25) is 0 Å². The highest BCUT2D eigenvalue weighted by atomic mass is 16.2. The topological polar surface area (TPSA) is 74.8 Å². The number of rotatable bonds is 3. The van der Waals surface area contributed by atoms with Crippen molar-refractivity contribution in [2.75, 3.05) is 5.32 Å². The maximum absolute atomic E-state index is 12.5. The van der Waals surface area contributed by atoms with Crippen LogP contribution >= 0.6 is 0 Å². The number of amides is 1. The third kappa shape index (κ3) is 2.48. The zero-order chi connectivity index (χ0) is 15.7. The SMILES string of the molecule is Cc1cccc(NC(=O)C(=O)c2c(C)[nH]c3ccccc23)n1. The van der Waals surface area contributed by atoms with Crippen LogP contribution in [0.3, 0.4) is 0 Å². The lowest BCUT2D eigenvalue weighted by Crippen LogP contribution is -2.24. The van der Waals surface area contributed by atoms with E-state index in [4.69, 9.17) is 0 Å². The first-order valence-corrected chi connectivity index (χ1v) is 6.93. The number of anilines is 1. The number of fused-ring (bicyclic) bond motifs is 1. The smallest absolute Gasteiger partial charge is 0.298 e. The Labute approximate surface area is 127 Å². The average molecular weight is 293 g/mol. The molecule has 0 saturated carbocycles. The van der Waals surface area contributed by atoms with E-state index in [0.29, 0.717) is 17.1 Å². The highest BCUT2D eigenvalue weighted by Gasteiger charge is 2.22. The van der Waals surface area contributed by atoms with Crippen LogP contribution in [0.1, 0.15) is 21.7 Å². The van der Waals surface area contributed by atoms with E-state index in [1.807, 2.05) is 37.3 Å². The van der Waals surface area contributed by atoms with Crippen LogP contribution in [0.4, 0.5) is 5.82 Å². The van der Waals surface area contributed by atoms with Crippen molar-refractivity contribution in [3.05, 3.63) is 59.4 Å². The number of nitrogens with one attached hydrogen (secondary N) is 2. The number of pyridine rings is 1. The largest absolute Gasteiger partial charge is 0.358 e. The molecule has 1 aromatic carbocycles. The van der Waals surface area contributed by atoms with Crippen molar-refractivity contribution < 1.29 is 9.59 Å². The van der Waals surface area contributed by atoms with E-state index in [9.17, 15) is 9.59 Å². The lowest BCUT2D eigenvalue weighted by Gasteiger charge is -2.04. The predicted octanol–water partition coefficient (Wildman–Crippen LogP) is 3.00. The van der Waals surface area contributed by atoms with Gasteiger partial charge in [-0.3, -0.25) is 9.59 Å². The average Bonchev–Trinajstić information content (AvgIpc) is 2.82. The van der Waals surface area contributed by atoms with Crippen LogP contribution < -0.4 is 5.32 Å². The van der Waals surface area contributed by atoms with E-state index in [-0.39, 0.29) is 0 Å². The summed E-state index contributed by atoms with van der Waals surface area (Å²) >= 11 is 0. The number of benzene rings is 1. The molecule has 110 valence electrons. The van der Waals surface area contributed by atoms with Gasteiger partial charge in [0.25, 0.3) is 11.7 Å². The number of ketones is 1. The van der Waals surface area contributed by atoms with Crippen LogP contribution in [-0.4, -0.2) is 21.7 Å². The Bertz CT molecular complexity index is 880. The molecule has 5 nitrogen and oxygen atoms in total. The van der Waals surface area contributed by atoms with Crippen LogP contribution in [-0.2, 0) is 4.79 Å². The minimum absolute atomic E-state index is 0.371. The molecule has 3 rings (SSSR count). The number of aryl methyl sites for hydroxylation is 2. The molecular formula is C17H15N3O2. The second kappa shape index (κ2) is 5.44. The molecule has 3 aromatic rings. The second-order valence-electron chi connectivity index (χ2n) is 5.12. The standard InChI is InChI=1S/C17H15N3O2/c1-10-6-5-9-14(18-10)20-17(22)16(21)15-11(2)19-13-8-4-3-7-12(13)15/h3-9,19H,1-2H3,(H,18,20,22). The molecule has 0 aliphatic heterocycles. The van der Waals surface area contributed by atoms with E-state index in [0.717, 1.165) is 16.6 Å². The van der Waals surface area contributed by atoms with Crippen molar-refractivity contribution in [1.82, 2.24) is 9.97 Å². The molecule has 0 bridgehead atoms. The minimum atomic E-state index is -0.689. The Morgan fingerprint density at radius 1 is 1.05 bits per heavy atom. The van der Waals surface area contributed by atoms with E-state index in [2.05, 4.69) is 15.3 Å². The monoisotopic (exact) mass is 293 g/mol. The molecule has 0 aliphatic carbocycles. The number of carbonyl (C=O) groups is 2. The van der Waals surface area contributed by atoms with Crippen LogP contribution in [0.25, 0.3) is 10.9 Å². The molecule has 2 aromatic heterocycles. The summed E-state index contributed by atoms with van der Waals surface area (Å²) in [6, 6.07) is 12.7. The summed E-state index contributed by atoms with van der Waals surface area (Å²) in [7, 11) is 0. The van der Waals surface area contributed by atoms with Crippen molar-refractivity contribution in [1.29, 1.82) is 0 Å². The van der Waals surface area contributed by atoms with Crippen LogP contribution in [0, 0.1) is 13.8 Å². The molecule has 0 aliphatic rings. The van der Waals surface area contributed by atoms with E-state index >= 15 is 0 Å². The summed E-state index contributed by atoms with van der Waals surface area (Å²) in [5, 5.41) is 3.30. The van der Waals surface area contributed by atoms with Crippen LogP contribution in [0.5, 0.6) is 0 Å². The summed E-state index contributed by atoms with van der Waals surface area (Å²) in [4.78, 5) is 32.0. The van der Waals surface area contributed by atoms with Crippen molar-refractivity contribution in [3.8, 4) is 0 Å². The summed E-state index contributed by atoms with van der Waals surface area (Å²) in [6.45, 7) is 3.60.